The van der Waals surface area contributed by atoms with Gasteiger partial charge in [0.2, 0.25) is 0 Å². The van der Waals surface area contributed by atoms with Crippen LogP contribution in [0.2, 0.25) is 0 Å². The third-order valence-corrected chi connectivity index (χ3v) is 3.64. The highest BCUT2D eigenvalue weighted by molar-refractivity contribution is 5.19. The topological polar surface area (TPSA) is 32.7 Å². The van der Waals surface area contributed by atoms with E-state index in [-0.39, 0.29) is 6.54 Å². The first-order chi connectivity index (χ1) is 11.1. The van der Waals surface area contributed by atoms with Gasteiger partial charge in [0.25, 0.3) is 0 Å². The van der Waals surface area contributed by atoms with E-state index < -0.39 is 17.7 Å². The van der Waals surface area contributed by atoms with Gasteiger partial charge in [-0.05, 0) is 11.6 Å². The molecule has 0 saturated carbocycles. The number of nitrogens with zero attached hydrogens (tertiary/aromatic N) is 1. The van der Waals surface area contributed by atoms with Crippen LogP contribution in [-0.2, 0) is 11.3 Å². The van der Waals surface area contributed by atoms with Gasteiger partial charge in [-0.3, -0.25) is 4.90 Å². The maximum Gasteiger partial charge on any atom is 0.130 e. The Morgan fingerprint density at radius 3 is 2.52 bits per heavy atom. The van der Waals surface area contributed by atoms with E-state index in [9.17, 15) is 13.9 Å². The zero-order valence-corrected chi connectivity index (χ0v) is 13.1. The van der Waals surface area contributed by atoms with Crippen LogP contribution in [0.4, 0.5) is 8.78 Å². The smallest absolute Gasteiger partial charge is 0.130 e. The van der Waals surface area contributed by atoms with E-state index in [1.54, 1.807) is 7.11 Å². The van der Waals surface area contributed by atoms with E-state index in [1.165, 1.54) is 12.1 Å². The number of rotatable bonds is 8. The van der Waals surface area contributed by atoms with Crippen molar-refractivity contribution in [3.63, 3.8) is 0 Å². The molecule has 2 aromatic rings. The molecule has 1 unspecified atom stereocenters. The zero-order valence-electron chi connectivity index (χ0n) is 13.1. The molecular formula is C18H21F2NO2. The second kappa shape index (κ2) is 8.72. The third-order valence-electron chi connectivity index (χ3n) is 3.64. The fraction of sp³-hybridized carbons (Fsp3) is 0.333. The highest BCUT2D eigenvalue weighted by Gasteiger charge is 2.15. The van der Waals surface area contributed by atoms with E-state index >= 15 is 0 Å². The van der Waals surface area contributed by atoms with Crippen LogP contribution < -0.4 is 0 Å². The average Bonchev–Trinajstić information content (AvgIpc) is 2.55. The van der Waals surface area contributed by atoms with Crippen LogP contribution in [0.5, 0.6) is 0 Å². The highest BCUT2D eigenvalue weighted by atomic mass is 19.1. The van der Waals surface area contributed by atoms with Crippen molar-refractivity contribution in [1.82, 2.24) is 4.90 Å². The molecule has 2 rings (SSSR count). The fourth-order valence-corrected chi connectivity index (χ4v) is 2.37. The minimum Gasteiger partial charge on any atom is -0.387 e. The predicted octanol–water partition coefficient (Wildman–Crippen LogP) is 3.15. The molecule has 23 heavy (non-hydrogen) atoms. The van der Waals surface area contributed by atoms with Gasteiger partial charge >= 0.3 is 0 Å². The van der Waals surface area contributed by atoms with Crippen LogP contribution >= 0.6 is 0 Å². The molecule has 0 radical (unpaired) electrons. The number of aliphatic hydroxyl groups is 1. The monoisotopic (exact) mass is 321 g/mol. The molecule has 1 N–H and O–H groups in total. The molecule has 0 aromatic heterocycles. The quantitative estimate of drug-likeness (QED) is 0.811. The van der Waals surface area contributed by atoms with Crippen molar-refractivity contribution >= 4 is 0 Å². The van der Waals surface area contributed by atoms with Crippen molar-refractivity contribution in [2.24, 2.45) is 0 Å². The lowest BCUT2D eigenvalue weighted by Crippen LogP contribution is -2.31. The second-order valence-electron chi connectivity index (χ2n) is 5.39. The van der Waals surface area contributed by atoms with Crippen molar-refractivity contribution in [2.45, 2.75) is 12.6 Å². The predicted molar refractivity (Wildman–Crippen MR) is 84.9 cm³/mol. The van der Waals surface area contributed by atoms with Crippen LogP contribution in [-0.4, -0.2) is 36.8 Å². The first-order valence-corrected chi connectivity index (χ1v) is 7.48. The van der Waals surface area contributed by atoms with Gasteiger partial charge in [-0.1, -0.05) is 36.4 Å². The summed E-state index contributed by atoms with van der Waals surface area (Å²) in [4.78, 5) is 1.89. The summed E-state index contributed by atoms with van der Waals surface area (Å²) in [7, 11) is 1.59. The fourth-order valence-electron chi connectivity index (χ4n) is 2.37. The maximum absolute atomic E-state index is 13.8. The van der Waals surface area contributed by atoms with Crippen LogP contribution in [0.15, 0.2) is 48.5 Å². The molecule has 0 aliphatic rings. The van der Waals surface area contributed by atoms with Crippen molar-refractivity contribution in [1.29, 1.82) is 0 Å². The average molecular weight is 321 g/mol. The third kappa shape index (κ3) is 5.39. The lowest BCUT2D eigenvalue weighted by Gasteiger charge is -2.25. The molecule has 5 heteroatoms. The van der Waals surface area contributed by atoms with E-state index in [0.29, 0.717) is 25.3 Å². The van der Waals surface area contributed by atoms with Crippen molar-refractivity contribution in [2.75, 3.05) is 26.8 Å². The Kier molecular flexibility index (Phi) is 6.65. The molecule has 3 nitrogen and oxygen atoms in total. The molecule has 0 heterocycles. The minimum absolute atomic E-state index is 0.277. The van der Waals surface area contributed by atoms with Gasteiger partial charge in [-0.15, -0.1) is 0 Å². The number of halogens is 2. The zero-order chi connectivity index (χ0) is 16.7. The Morgan fingerprint density at radius 1 is 1.13 bits per heavy atom. The number of hydrogen-bond acceptors (Lipinski definition) is 3. The SMILES string of the molecule is COCCN(Cc1ccc(F)cc1F)CC(O)c1ccccc1. The maximum atomic E-state index is 13.8. The van der Waals surface area contributed by atoms with E-state index in [1.807, 2.05) is 35.2 Å². The first-order valence-electron chi connectivity index (χ1n) is 7.48. The Hall–Kier alpha value is -1.82. The summed E-state index contributed by atoms with van der Waals surface area (Å²) in [5, 5.41) is 10.3. The van der Waals surface area contributed by atoms with E-state index in [4.69, 9.17) is 4.74 Å². The Labute approximate surface area is 135 Å². The molecule has 2 aromatic carbocycles. The highest BCUT2D eigenvalue weighted by Crippen LogP contribution is 2.17. The summed E-state index contributed by atoms with van der Waals surface area (Å²) in [5.41, 5.74) is 1.19. The summed E-state index contributed by atoms with van der Waals surface area (Å²) in [6.45, 7) is 1.62. The lowest BCUT2D eigenvalue weighted by atomic mass is 10.1. The van der Waals surface area contributed by atoms with E-state index in [2.05, 4.69) is 0 Å². The van der Waals surface area contributed by atoms with Gasteiger partial charge in [0.1, 0.15) is 11.6 Å². The molecule has 1 atom stereocenters. The second-order valence-corrected chi connectivity index (χ2v) is 5.39. The number of methoxy groups -OCH3 is 1. The standard InChI is InChI=1S/C18H21F2NO2/c1-23-10-9-21(12-15-7-8-16(19)11-17(15)20)13-18(22)14-5-3-2-4-6-14/h2-8,11,18,22H,9-10,12-13H2,1H3. The molecule has 0 bridgehead atoms. The van der Waals surface area contributed by atoms with Crippen LogP contribution in [0.1, 0.15) is 17.2 Å². The molecule has 0 saturated heterocycles. The van der Waals surface area contributed by atoms with Crippen molar-refractivity contribution in [3.8, 4) is 0 Å². The molecular weight excluding hydrogens is 300 g/mol. The summed E-state index contributed by atoms with van der Waals surface area (Å²) in [5.74, 6) is -1.18. The molecule has 0 aliphatic carbocycles. The Bertz CT molecular complexity index is 607. The van der Waals surface area contributed by atoms with Crippen molar-refractivity contribution in [3.05, 3.63) is 71.3 Å². The number of benzene rings is 2. The summed E-state index contributed by atoms with van der Waals surface area (Å²) < 4.78 is 31.9. The largest absolute Gasteiger partial charge is 0.387 e. The Balaban J connectivity index is 2.07. The van der Waals surface area contributed by atoms with Gasteiger partial charge in [-0.25, -0.2) is 8.78 Å². The van der Waals surface area contributed by atoms with Crippen molar-refractivity contribution < 1.29 is 18.6 Å². The van der Waals surface area contributed by atoms with Crippen LogP contribution in [0.25, 0.3) is 0 Å². The number of hydrogen-bond donors (Lipinski definition) is 1. The molecule has 0 spiro atoms. The van der Waals surface area contributed by atoms with Crippen LogP contribution in [0.3, 0.4) is 0 Å². The summed E-state index contributed by atoms with van der Waals surface area (Å²) in [6.07, 6.45) is -0.684. The normalized spacial score (nSPS) is 12.6. The summed E-state index contributed by atoms with van der Waals surface area (Å²) in [6, 6.07) is 12.8. The van der Waals surface area contributed by atoms with Gasteiger partial charge in [0, 0.05) is 38.4 Å². The Morgan fingerprint density at radius 2 is 1.87 bits per heavy atom. The first kappa shape index (κ1) is 17.5. The number of ether oxygens (including phenoxy) is 1. The molecule has 0 fully saturated rings. The number of aliphatic hydroxyl groups excluding tert-OH is 1. The lowest BCUT2D eigenvalue weighted by molar-refractivity contribution is 0.0843. The van der Waals surface area contributed by atoms with Gasteiger partial charge in [0.05, 0.1) is 12.7 Å². The molecule has 0 aliphatic heterocycles. The summed E-state index contributed by atoms with van der Waals surface area (Å²) >= 11 is 0. The van der Waals surface area contributed by atoms with E-state index in [0.717, 1.165) is 11.6 Å². The van der Waals surface area contributed by atoms with Gasteiger partial charge in [0.15, 0.2) is 0 Å². The molecule has 124 valence electrons. The minimum atomic E-state index is -0.684. The molecule has 0 amide bonds. The van der Waals surface area contributed by atoms with Gasteiger partial charge < -0.3 is 9.84 Å². The van der Waals surface area contributed by atoms with Gasteiger partial charge in [-0.2, -0.15) is 0 Å². The van der Waals surface area contributed by atoms with Crippen LogP contribution in [0, 0.1) is 11.6 Å².